The van der Waals surface area contributed by atoms with Gasteiger partial charge in [0.15, 0.2) is 0 Å². The van der Waals surface area contributed by atoms with Gasteiger partial charge in [0, 0.05) is 16.5 Å². The number of benzene rings is 2. The van der Waals surface area contributed by atoms with E-state index in [1.54, 1.807) is 0 Å². The lowest BCUT2D eigenvalue weighted by Gasteiger charge is -1.99. The minimum atomic E-state index is 0.828. The molecule has 0 aliphatic rings. The second-order valence-corrected chi connectivity index (χ2v) is 5.33. The van der Waals surface area contributed by atoms with Gasteiger partial charge in [0.1, 0.15) is 5.82 Å². The van der Waals surface area contributed by atoms with E-state index in [1.165, 1.54) is 5.56 Å². The number of aromatic amines is 1. The highest BCUT2D eigenvalue weighted by Crippen LogP contribution is 2.21. The van der Waals surface area contributed by atoms with Gasteiger partial charge in [-0.1, -0.05) is 58.4 Å². The third-order valence-electron chi connectivity index (χ3n) is 2.98. The monoisotopic (exact) mass is 312 g/mol. The molecule has 0 spiro atoms. The summed E-state index contributed by atoms with van der Waals surface area (Å²) in [6.45, 7) is 0. The number of H-pyrrole nitrogens is 1. The summed E-state index contributed by atoms with van der Waals surface area (Å²) in [5, 5.41) is 0. The van der Waals surface area contributed by atoms with E-state index in [9.17, 15) is 0 Å². The first-order valence-electron chi connectivity index (χ1n) is 6.15. The van der Waals surface area contributed by atoms with Gasteiger partial charge in [0.25, 0.3) is 0 Å². The summed E-state index contributed by atoms with van der Waals surface area (Å²) in [7, 11) is 0. The molecule has 3 heteroatoms. The molecule has 1 heterocycles. The number of nitrogens with one attached hydrogen (secondary N) is 1. The van der Waals surface area contributed by atoms with Crippen molar-refractivity contribution >= 4 is 15.9 Å². The zero-order chi connectivity index (χ0) is 13.1. The number of rotatable bonds is 3. The molecule has 0 unspecified atom stereocenters. The van der Waals surface area contributed by atoms with Gasteiger partial charge in [-0.25, -0.2) is 4.98 Å². The first kappa shape index (κ1) is 12.2. The molecule has 0 saturated heterocycles. The molecule has 1 N–H and O–H groups in total. The second-order valence-electron chi connectivity index (χ2n) is 4.42. The van der Waals surface area contributed by atoms with Crippen LogP contribution in [0.25, 0.3) is 11.3 Å². The maximum atomic E-state index is 4.45. The van der Waals surface area contributed by atoms with Crippen LogP contribution in [0.4, 0.5) is 0 Å². The predicted molar refractivity (Wildman–Crippen MR) is 81.0 cm³/mol. The SMILES string of the molecule is Brc1cccc(-c2cnc(Cc3ccccc3)[nH]2)c1. The number of imidazole rings is 1. The zero-order valence-electron chi connectivity index (χ0n) is 10.3. The summed E-state index contributed by atoms with van der Waals surface area (Å²) in [5.41, 5.74) is 3.45. The third kappa shape index (κ3) is 2.93. The van der Waals surface area contributed by atoms with Crippen molar-refractivity contribution in [3.8, 4) is 11.3 Å². The standard InChI is InChI=1S/C16H13BrN2/c17-14-8-4-7-13(10-14)15-11-18-16(19-15)9-12-5-2-1-3-6-12/h1-8,10-11H,9H2,(H,18,19). The lowest BCUT2D eigenvalue weighted by atomic mass is 10.1. The topological polar surface area (TPSA) is 28.7 Å². The van der Waals surface area contributed by atoms with E-state index in [-0.39, 0.29) is 0 Å². The molecule has 0 aliphatic heterocycles. The maximum absolute atomic E-state index is 4.45. The fraction of sp³-hybridized carbons (Fsp3) is 0.0625. The Labute approximate surface area is 120 Å². The Morgan fingerprint density at radius 2 is 1.84 bits per heavy atom. The number of halogens is 1. The van der Waals surface area contributed by atoms with Gasteiger partial charge in [0.05, 0.1) is 11.9 Å². The van der Waals surface area contributed by atoms with Crippen LogP contribution in [0, 0.1) is 0 Å². The molecule has 1 aromatic heterocycles. The fourth-order valence-electron chi connectivity index (χ4n) is 2.04. The number of hydrogen-bond donors (Lipinski definition) is 1. The quantitative estimate of drug-likeness (QED) is 0.761. The molecule has 0 radical (unpaired) electrons. The van der Waals surface area contributed by atoms with Crippen molar-refractivity contribution < 1.29 is 0 Å². The Balaban J connectivity index is 1.84. The van der Waals surface area contributed by atoms with Crippen LogP contribution >= 0.6 is 15.9 Å². The molecule has 0 saturated carbocycles. The summed E-state index contributed by atoms with van der Waals surface area (Å²) in [4.78, 5) is 7.82. The van der Waals surface area contributed by atoms with Crippen molar-refractivity contribution in [1.29, 1.82) is 0 Å². The molecule has 2 nitrogen and oxygen atoms in total. The molecule has 94 valence electrons. The molecule has 0 bridgehead atoms. The summed E-state index contributed by atoms with van der Waals surface area (Å²) < 4.78 is 1.07. The minimum Gasteiger partial charge on any atom is -0.342 e. The van der Waals surface area contributed by atoms with E-state index < -0.39 is 0 Å². The summed E-state index contributed by atoms with van der Waals surface area (Å²) in [5.74, 6) is 0.987. The Morgan fingerprint density at radius 1 is 1.00 bits per heavy atom. The van der Waals surface area contributed by atoms with E-state index in [0.717, 1.165) is 28.0 Å². The van der Waals surface area contributed by atoms with Crippen LogP contribution in [0.15, 0.2) is 65.3 Å². The van der Waals surface area contributed by atoms with Crippen molar-refractivity contribution in [2.45, 2.75) is 6.42 Å². The highest BCUT2D eigenvalue weighted by molar-refractivity contribution is 9.10. The second kappa shape index (κ2) is 5.41. The average molecular weight is 313 g/mol. The summed E-state index contributed by atoms with van der Waals surface area (Å²) in [6, 6.07) is 18.5. The highest BCUT2D eigenvalue weighted by atomic mass is 79.9. The van der Waals surface area contributed by atoms with Crippen molar-refractivity contribution in [2.24, 2.45) is 0 Å². The van der Waals surface area contributed by atoms with Crippen molar-refractivity contribution in [3.05, 3.63) is 76.7 Å². The number of aromatic nitrogens is 2. The molecule has 2 aromatic carbocycles. The van der Waals surface area contributed by atoms with Gasteiger partial charge in [-0.2, -0.15) is 0 Å². The van der Waals surface area contributed by atoms with Gasteiger partial charge >= 0.3 is 0 Å². The fourth-order valence-corrected chi connectivity index (χ4v) is 2.44. The van der Waals surface area contributed by atoms with Crippen LogP contribution in [0.1, 0.15) is 11.4 Å². The normalized spacial score (nSPS) is 10.6. The van der Waals surface area contributed by atoms with Crippen LogP contribution < -0.4 is 0 Å². The van der Waals surface area contributed by atoms with Gasteiger partial charge < -0.3 is 4.98 Å². The molecule has 0 fully saturated rings. The Bertz CT molecular complexity index is 674. The summed E-state index contributed by atoms with van der Waals surface area (Å²) in [6.07, 6.45) is 2.72. The van der Waals surface area contributed by atoms with E-state index >= 15 is 0 Å². The van der Waals surface area contributed by atoms with Crippen LogP contribution in [0.3, 0.4) is 0 Å². The average Bonchev–Trinajstić information content (AvgIpc) is 2.88. The Kier molecular flexibility index (Phi) is 3.47. The molecule has 0 aliphatic carbocycles. The van der Waals surface area contributed by atoms with Crippen LogP contribution in [-0.4, -0.2) is 9.97 Å². The Hall–Kier alpha value is -1.87. The molecule has 0 amide bonds. The lowest BCUT2D eigenvalue weighted by molar-refractivity contribution is 1.03. The van der Waals surface area contributed by atoms with E-state index in [1.807, 2.05) is 36.5 Å². The van der Waals surface area contributed by atoms with Gasteiger partial charge in [-0.15, -0.1) is 0 Å². The van der Waals surface area contributed by atoms with E-state index in [2.05, 4.69) is 50.2 Å². The van der Waals surface area contributed by atoms with Gasteiger partial charge in [-0.3, -0.25) is 0 Å². The molecule has 0 atom stereocenters. The molecular weight excluding hydrogens is 300 g/mol. The molecule has 3 rings (SSSR count). The first-order valence-corrected chi connectivity index (χ1v) is 6.94. The van der Waals surface area contributed by atoms with Crippen LogP contribution in [0.2, 0.25) is 0 Å². The molecule has 3 aromatic rings. The highest BCUT2D eigenvalue weighted by Gasteiger charge is 2.04. The van der Waals surface area contributed by atoms with Crippen LogP contribution in [-0.2, 0) is 6.42 Å². The van der Waals surface area contributed by atoms with Gasteiger partial charge in [-0.05, 0) is 17.7 Å². The van der Waals surface area contributed by atoms with Crippen molar-refractivity contribution in [3.63, 3.8) is 0 Å². The first-order chi connectivity index (χ1) is 9.31. The zero-order valence-corrected chi connectivity index (χ0v) is 11.9. The number of nitrogens with zero attached hydrogens (tertiary/aromatic N) is 1. The minimum absolute atomic E-state index is 0.828. The van der Waals surface area contributed by atoms with Gasteiger partial charge in [0.2, 0.25) is 0 Å². The Morgan fingerprint density at radius 3 is 2.63 bits per heavy atom. The molecule has 19 heavy (non-hydrogen) atoms. The predicted octanol–water partition coefficient (Wildman–Crippen LogP) is 4.43. The van der Waals surface area contributed by atoms with E-state index in [4.69, 9.17) is 0 Å². The largest absolute Gasteiger partial charge is 0.342 e. The smallest absolute Gasteiger partial charge is 0.110 e. The van der Waals surface area contributed by atoms with E-state index in [0.29, 0.717) is 0 Å². The van der Waals surface area contributed by atoms with Crippen LogP contribution in [0.5, 0.6) is 0 Å². The third-order valence-corrected chi connectivity index (χ3v) is 3.47. The number of hydrogen-bond acceptors (Lipinski definition) is 1. The lowest BCUT2D eigenvalue weighted by Crippen LogP contribution is -1.90. The van der Waals surface area contributed by atoms with Crippen molar-refractivity contribution in [2.75, 3.05) is 0 Å². The molecular formula is C16H13BrN2. The maximum Gasteiger partial charge on any atom is 0.110 e. The summed E-state index contributed by atoms with van der Waals surface area (Å²) >= 11 is 3.49. The van der Waals surface area contributed by atoms with Crippen molar-refractivity contribution in [1.82, 2.24) is 9.97 Å².